The third kappa shape index (κ3) is 3.79. The van der Waals surface area contributed by atoms with Gasteiger partial charge in [-0.25, -0.2) is 4.98 Å². The smallest absolute Gasteiger partial charge is 0.193 e. The van der Waals surface area contributed by atoms with E-state index < -0.39 is 0 Å². The zero-order valence-corrected chi connectivity index (χ0v) is 14.5. The van der Waals surface area contributed by atoms with Gasteiger partial charge < -0.3 is 10.2 Å². The molecule has 1 N–H and O–H groups in total. The molecular weight excluding hydrogens is 294 g/mol. The largest absolute Gasteiger partial charge is 0.351 e. The highest BCUT2D eigenvalue weighted by Crippen LogP contribution is 2.20. The van der Waals surface area contributed by atoms with Crippen molar-refractivity contribution >= 4 is 17.3 Å². The van der Waals surface area contributed by atoms with Gasteiger partial charge in [0.15, 0.2) is 5.96 Å². The quantitative estimate of drug-likeness (QED) is 0.684. The van der Waals surface area contributed by atoms with E-state index in [2.05, 4.69) is 25.1 Å². The van der Waals surface area contributed by atoms with E-state index in [0.29, 0.717) is 6.04 Å². The first-order chi connectivity index (χ1) is 10.8. The fourth-order valence-electron chi connectivity index (χ4n) is 3.50. The van der Waals surface area contributed by atoms with E-state index in [9.17, 15) is 0 Å². The number of nitrogens with one attached hydrogen (secondary N) is 1. The van der Waals surface area contributed by atoms with Crippen LogP contribution in [-0.2, 0) is 6.54 Å². The second kappa shape index (κ2) is 7.42. The fraction of sp³-hybridized carbons (Fsp3) is 0.750. The van der Waals surface area contributed by atoms with Gasteiger partial charge in [0, 0.05) is 37.3 Å². The molecule has 0 aromatic carbocycles. The number of likely N-dealkylation sites (tertiary alicyclic amines) is 2. The van der Waals surface area contributed by atoms with E-state index >= 15 is 0 Å². The summed E-state index contributed by atoms with van der Waals surface area (Å²) in [5.74, 6) is 1.03. The van der Waals surface area contributed by atoms with Crippen LogP contribution in [0, 0.1) is 6.92 Å². The molecule has 0 saturated carbocycles. The van der Waals surface area contributed by atoms with Crippen molar-refractivity contribution in [2.24, 2.45) is 4.99 Å². The third-order valence-corrected chi connectivity index (χ3v) is 5.58. The lowest BCUT2D eigenvalue weighted by Crippen LogP contribution is -2.44. The minimum absolute atomic E-state index is 0.712. The minimum atomic E-state index is 0.712. The summed E-state index contributed by atoms with van der Waals surface area (Å²) in [6, 6.07) is 0.712. The molecule has 5 nitrogen and oxygen atoms in total. The lowest BCUT2D eigenvalue weighted by Gasteiger charge is -2.32. The van der Waals surface area contributed by atoms with Crippen LogP contribution in [-0.4, -0.2) is 60.0 Å². The molecule has 0 spiro atoms. The van der Waals surface area contributed by atoms with E-state index in [1.54, 1.807) is 11.3 Å². The Morgan fingerprint density at radius 3 is 2.86 bits per heavy atom. The summed E-state index contributed by atoms with van der Waals surface area (Å²) in [6.45, 7) is 7.66. The number of aliphatic imine (C=N–C) groups is 1. The lowest BCUT2D eigenvalue weighted by atomic mass is 10.1. The summed E-state index contributed by atoms with van der Waals surface area (Å²) in [7, 11) is 1.88. The third-order valence-electron chi connectivity index (χ3n) is 4.67. The molecule has 3 rings (SSSR count). The van der Waals surface area contributed by atoms with E-state index in [1.165, 1.54) is 43.6 Å². The van der Waals surface area contributed by atoms with Gasteiger partial charge in [-0.1, -0.05) is 6.42 Å². The number of piperidine rings is 1. The Morgan fingerprint density at radius 1 is 1.36 bits per heavy atom. The van der Waals surface area contributed by atoms with Crippen molar-refractivity contribution in [1.29, 1.82) is 0 Å². The van der Waals surface area contributed by atoms with Crippen molar-refractivity contribution in [1.82, 2.24) is 20.1 Å². The number of aromatic nitrogens is 1. The molecule has 1 unspecified atom stereocenters. The predicted molar refractivity (Wildman–Crippen MR) is 92.5 cm³/mol. The topological polar surface area (TPSA) is 43.8 Å². The number of aryl methyl sites for hydroxylation is 1. The van der Waals surface area contributed by atoms with E-state index in [4.69, 9.17) is 0 Å². The Hall–Kier alpha value is -1.14. The molecule has 3 heterocycles. The minimum Gasteiger partial charge on any atom is -0.351 e. The van der Waals surface area contributed by atoms with Crippen LogP contribution in [0.3, 0.4) is 0 Å². The highest BCUT2D eigenvalue weighted by atomic mass is 32.1. The first-order valence-electron chi connectivity index (χ1n) is 8.37. The van der Waals surface area contributed by atoms with E-state index in [0.717, 1.165) is 30.6 Å². The molecule has 122 valence electrons. The van der Waals surface area contributed by atoms with Gasteiger partial charge in [-0.2, -0.15) is 0 Å². The molecule has 1 atom stereocenters. The SMILES string of the molecule is CN=C(NCc1cnc(C)s1)N1CCC(N2CCCCC2)C1. The maximum absolute atomic E-state index is 4.47. The second-order valence-electron chi connectivity index (χ2n) is 6.23. The molecule has 2 saturated heterocycles. The standard InChI is InChI=1S/C16H27N5S/c1-13-18-10-15(22-13)11-19-16(17-2)21-9-6-14(12-21)20-7-4-3-5-8-20/h10,14H,3-9,11-12H2,1-2H3,(H,17,19). The fourth-order valence-corrected chi connectivity index (χ4v) is 4.24. The molecule has 2 aliphatic heterocycles. The van der Waals surface area contributed by atoms with Crippen LogP contribution in [0.2, 0.25) is 0 Å². The Bertz CT molecular complexity index is 506. The van der Waals surface area contributed by atoms with Crippen LogP contribution in [0.5, 0.6) is 0 Å². The number of rotatable bonds is 3. The van der Waals surface area contributed by atoms with Crippen molar-refractivity contribution in [3.63, 3.8) is 0 Å². The zero-order valence-electron chi connectivity index (χ0n) is 13.7. The summed E-state index contributed by atoms with van der Waals surface area (Å²) in [5, 5.41) is 4.62. The van der Waals surface area contributed by atoms with Crippen LogP contribution >= 0.6 is 11.3 Å². The van der Waals surface area contributed by atoms with Crippen molar-refractivity contribution in [2.45, 2.75) is 45.2 Å². The maximum atomic E-state index is 4.47. The average molecular weight is 321 g/mol. The van der Waals surface area contributed by atoms with Crippen LogP contribution < -0.4 is 5.32 Å². The monoisotopic (exact) mass is 321 g/mol. The molecular formula is C16H27N5S. The molecule has 22 heavy (non-hydrogen) atoms. The number of guanidine groups is 1. The van der Waals surface area contributed by atoms with Gasteiger partial charge in [0.25, 0.3) is 0 Å². The molecule has 6 heteroatoms. The second-order valence-corrected chi connectivity index (χ2v) is 7.55. The molecule has 2 fully saturated rings. The molecule has 0 aliphatic carbocycles. The van der Waals surface area contributed by atoms with Crippen molar-refractivity contribution in [3.05, 3.63) is 16.1 Å². The van der Waals surface area contributed by atoms with Crippen molar-refractivity contribution < 1.29 is 0 Å². The number of nitrogens with zero attached hydrogens (tertiary/aromatic N) is 4. The first kappa shape index (κ1) is 15.7. The van der Waals surface area contributed by atoms with Crippen LogP contribution in [0.25, 0.3) is 0 Å². The van der Waals surface area contributed by atoms with Gasteiger partial charge in [-0.05, 0) is 39.3 Å². The molecule has 2 aliphatic rings. The predicted octanol–water partition coefficient (Wildman–Crippen LogP) is 2.09. The Labute approximate surface area is 137 Å². The molecule has 0 radical (unpaired) electrons. The highest BCUT2D eigenvalue weighted by Gasteiger charge is 2.29. The van der Waals surface area contributed by atoms with E-state index in [1.807, 2.05) is 20.2 Å². The number of hydrogen-bond donors (Lipinski definition) is 1. The molecule has 0 amide bonds. The molecule has 1 aromatic rings. The van der Waals surface area contributed by atoms with Gasteiger partial charge in [0.05, 0.1) is 11.6 Å². The van der Waals surface area contributed by atoms with Gasteiger partial charge in [0.1, 0.15) is 0 Å². The summed E-state index contributed by atoms with van der Waals surface area (Å²) < 4.78 is 0. The summed E-state index contributed by atoms with van der Waals surface area (Å²) in [5.41, 5.74) is 0. The van der Waals surface area contributed by atoms with Gasteiger partial charge in [-0.3, -0.25) is 9.89 Å². The highest BCUT2D eigenvalue weighted by molar-refractivity contribution is 7.11. The van der Waals surface area contributed by atoms with Crippen LogP contribution in [0.4, 0.5) is 0 Å². The zero-order chi connectivity index (χ0) is 15.4. The van der Waals surface area contributed by atoms with Gasteiger partial charge in [-0.15, -0.1) is 11.3 Å². The van der Waals surface area contributed by atoms with Gasteiger partial charge >= 0.3 is 0 Å². The Balaban J connectivity index is 1.51. The summed E-state index contributed by atoms with van der Waals surface area (Å²) in [4.78, 5) is 15.1. The average Bonchev–Trinajstić information content (AvgIpc) is 3.18. The Morgan fingerprint density at radius 2 is 2.18 bits per heavy atom. The van der Waals surface area contributed by atoms with E-state index in [-0.39, 0.29) is 0 Å². The van der Waals surface area contributed by atoms with Crippen molar-refractivity contribution in [2.75, 3.05) is 33.2 Å². The van der Waals surface area contributed by atoms with Crippen LogP contribution in [0.1, 0.15) is 35.6 Å². The maximum Gasteiger partial charge on any atom is 0.193 e. The number of thiazole rings is 1. The lowest BCUT2D eigenvalue weighted by molar-refractivity contribution is 0.168. The van der Waals surface area contributed by atoms with Gasteiger partial charge in [0.2, 0.25) is 0 Å². The molecule has 0 bridgehead atoms. The van der Waals surface area contributed by atoms with Crippen LogP contribution in [0.15, 0.2) is 11.2 Å². The first-order valence-corrected chi connectivity index (χ1v) is 9.19. The Kier molecular flexibility index (Phi) is 5.31. The summed E-state index contributed by atoms with van der Waals surface area (Å²) in [6.07, 6.45) is 7.37. The summed E-state index contributed by atoms with van der Waals surface area (Å²) >= 11 is 1.75. The normalized spacial score (nSPS) is 24.0. The van der Waals surface area contributed by atoms with Crippen molar-refractivity contribution in [3.8, 4) is 0 Å². The number of hydrogen-bond acceptors (Lipinski definition) is 4. The molecule has 1 aromatic heterocycles.